The third-order valence-electron chi connectivity index (χ3n) is 2.22. The largest absolute Gasteiger partial charge is 0.480 e. The molecule has 0 aromatic rings. The summed E-state index contributed by atoms with van der Waals surface area (Å²) in [6, 6.07) is -2.29. The highest BCUT2D eigenvalue weighted by Gasteiger charge is 2.23. The van der Waals surface area contributed by atoms with E-state index < -0.39 is 37.0 Å². The number of ether oxygens (including phenoxy) is 1. The van der Waals surface area contributed by atoms with Crippen molar-refractivity contribution in [3.8, 4) is 0 Å². The SMILES string of the molecule is COC(=O)CC[C@H](NC(=O)N(C)CC(F)F)C(=O)O. The predicted molar refractivity (Wildman–Crippen MR) is 59.8 cm³/mol. The van der Waals surface area contributed by atoms with Gasteiger partial charge in [0.15, 0.2) is 0 Å². The molecule has 0 bridgehead atoms. The first-order valence-electron chi connectivity index (χ1n) is 5.37. The summed E-state index contributed by atoms with van der Waals surface area (Å²) in [6.45, 7) is -0.810. The molecule has 1 atom stereocenters. The Kier molecular flexibility index (Phi) is 7.39. The topological polar surface area (TPSA) is 95.9 Å². The number of carbonyl (C=O) groups is 3. The molecule has 0 aliphatic heterocycles. The summed E-state index contributed by atoms with van der Waals surface area (Å²) < 4.78 is 28.4. The lowest BCUT2D eigenvalue weighted by Gasteiger charge is -2.20. The Labute approximate surface area is 108 Å². The van der Waals surface area contributed by atoms with Gasteiger partial charge in [-0.3, -0.25) is 4.79 Å². The fourth-order valence-corrected chi connectivity index (χ4v) is 1.17. The van der Waals surface area contributed by atoms with E-state index in [-0.39, 0.29) is 12.8 Å². The van der Waals surface area contributed by atoms with Gasteiger partial charge in [-0.15, -0.1) is 0 Å². The van der Waals surface area contributed by atoms with Gasteiger partial charge in [-0.2, -0.15) is 0 Å². The first kappa shape index (κ1) is 17.1. The van der Waals surface area contributed by atoms with Crippen LogP contribution in [-0.4, -0.2) is 61.1 Å². The fourth-order valence-electron chi connectivity index (χ4n) is 1.17. The van der Waals surface area contributed by atoms with Gasteiger partial charge < -0.3 is 20.1 Å². The lowest BCUT2D eigenvalue weighted by atomic mass is 10.1. The third-order valence-corrected chi connectivity index (χ3v) is 2.22. The minimum absolute atomic E-state index is 0.184. The molecule has 110 valence electrons. The number of urea groups is 1. The lowest BCUT2D eigenvalue weighted by molar-refractivity contribution is -0.142. The van der Waals surface area contributed by atoms with Crippen molar-refractivity contribution >= 4 is 18.0 Å². The number of aliphatic carboxylic acids is 1. The molecule has 0 aromatic heterocycles. The maximum atomic E-state index is 12.0. The van der Waals surface area contributed by atoms with Crippen molar-refractivity contribution in [1.29, 1.82) is 0 Å². The normalized spacial score (nSPS) is 11.8. The molecule has 9 heteroatoms. The van der Waals surface area contributed by atoms with Crippen LogP contribution in [0.5, 0.6) is 0 Å². The molecule has 0 rings (SSSR count). The van der Waals surface area contributed by atoms with Gasteiger partial charge in [-0.05, 0) is 6.42 Å². The Balaban J connectivity index is 4.37. The molecule has 2 N–H and O–H groups in total. The molecule has 0 aliphatic carbocycles. The summed E-state index contributed by atoms with van der Waals surface area (Å²) in [5.74, 6) is -1.98. The zero-order valence-electron chi connectivity index (χ0n) is 10.6. The van der Waals surface area contributed by atoms with Gasteiger partial charge in [-0.25, -0.2) is 18.4 Å². The first-order valence-corrected chi connectivity index (χ1v) is 5.37. The number of halogens is 2. The van der Waals surface area contributed by atoms with Crippen LogP contribution in [-0.2, 0) is 14.3 Å². The van der Waals surface area contributed by atoms with Crippen LogP contribution in [0.15, 0.2) is 0 Å². The smallest absolute Gasteiger partial charge is 0.326 e. The highest BCUT2D eigenvalue weighted by molar-refractivity contribution is 5.83. The van der Waals surface area contributed by atoms with Gasteiger partial charge in [0.2, 0.25) is 0 Å². The van der Waals surface area contributed by atoms with Crippen LogP contribution in [0.3, 0.4) is 0 Å². The summed E-state index contributed by atoms with van der Waals surface area (Å²) in [5.41, 5.74) is 0. The highest BCUT2D eigenvalue weighted by atomic mass is 19.3. The fraction of sp³-hybridized carbons (Fsp3) is 0.700. The average Bonchev–Trinajstić information content (AvgIpc) is 2.32. The Hall–Kier alpha value is -1.93. The molecule has 0 saturated carbocycles. The van der Waals surface area contributed by atoms with Gasteiger partial charge >= 0.3 is 18.0 Å². The zero-order chi connectivity index (χ0) is 15.0. The van der Waals surface area contributed by atoms with Gasteiger partial charge in [0.25, 0.3) is 6.43 Å². The summed E-state index contributed by atoms with van der Waals surface area (Å²) in [6.07, 6.45) is -3.10. The molecule has 7 nitrogen and oxygen atoms in total. The molecule has 19 heavy (non-hydrogen) atoms. The lowest BCUT2D eigenvalue weighted by Crippen LogP contribution is -2.47. The summed E-state index contributed by atoms with van der Waals surface area (Å²) >= 11 is 0. The van der Waals surface area contributed by atoms with Crippen molar-refractivity contribution in [1.82, 2.24) is 10.2 Å². The molecule has 0 radical (unpaired) electrons. The van der Waals surface area contributed by atoms with Crippen LogP contribution < -0.4 is 5.32 Å². The molecule has 0 heterocycles. The van der Waals surface area contributed by atoms with E-state index in [4.69, 9.17) is 5.11 Å². The maximum absolute atomic E-state index is 12.0. The minimum Gasteiger partial charge on any atom is -0.480 e. The monoisotopic (exact) mass is 282 g/mol. The predicted octanol–water partition coefficient (Wildman–Crippen LogP) is 0.299. The molecule has 2 amide bonds. The number of hydrogen-bond donors (Lipinski definition) is 2. The van der Waals surface area contributed by atoms with Crippen molar-refractivity contribution in [2.75, 3.05) is 20.7 Å². The van der Waals surface area contributed by atoms with E-state index in [0.717, 1.165) is 14.2 Å². The van der Waals surface area contributed by atoms with Gasteiger partial charge in [-0.1, -0.05) is 0 Å². The Morgan fingerprint density at radius 2 is 1.95 bits per heavy atom. The van der Waals surface area contributed by atoms with Crippen molar-refractivity contribution in [2.45, 2.75) is 25.3 Å². The standard InChI is InChI=1S/C10H16F2N2O5/c1-14(5-7(11)12)10(18)13-6(9(16)17)3-4-8(15)19-2/h6-7H,3-5H2,1-2H3,(H,13,18)(H,16,17)/t6-/m0/s1. The molecule has 0 aliphatic rings. The first-order chi connectivity index (χ1) is 8.77. The molecular formula is C10H16F2N2O5. The van der Waals surface area contributed by atoms with E-state index >= 15 is 0 Å². The highest BCUT2D eigenvalue weighted by Crippen LogP contribution is 2.02. The van der Waals surface area contributed by atoms with E-state index in [2.05, 4.69) is 4.74 Å². The van der Waals surface area contributed by atoms with Gasteiger partial charge in [0.05, 0.1) is 13.7 Å². The molecule has 0 saturated heterocycles. The van der Waals surface area contributed by atoms with Crippen molar-refractivity contribution in [3.05, 3.63) is 0 Å². The number of carbonyl (C=O) groups excluding carboxylic acids is 2. The minimum atomic E-state index is -2.71. The number of nitrogens with zero attached hydrogens (tertiary/aromatic N) is 1. The number of methoxy groups -OCH3 is 1. The molecule has 0 spiro atoms. The quantitative estimate of drug-likeness (QED) is 0.655. The summed E-state index contributed by atoms with van der Waals surface area (Å²) in [4.78, 5) is 33.8. The van der Waals surface area contributed by atoms with Crippen molar-refractivity contribution < 1.29 is 33.0 Å². The van der Waals surface area contributed by atoms with Crippen molar-refractivity contribution in [2.24, 2.45) is 0 Å². The van der Waals surface area contributed by atoms with E-state index in [9.17, 15) is 23.2 Å². The number of alkyl halides is 2. The summed E-state index contributed by atoms with van der Waals surface area (Å²) in [5, 5.41) is 10.9. The number of amides is 2. The molecule has 0 aromatic carbocycles. The second kappa shape index (κ2) is 8.22. The van der Waals surface area contributed by atoms with Gasteiger partial charge in [0, 0.05) is 13.5 Å². The molecule has 0 fully saturated rings. The second-order valence-electron chi connectivity index (χ2n) is 3.73. The maximum Gasteiger partial charge on any atom is 0.326 e. The van der Waals surface area contributed by atoms with Crippen LogP contribution >= 0.6 is 0 Å². The van der Waals surface area contributed by atoms with E-state index in [1.54, 1.807) is 0 Å². The number of carboxylic acid groups (broad SMARTS) is 1. The van der Waals surface area contributed by atoms with Crippen LogP contribution in [0.2, 0.25) is 0 Å². The number of esters is 1. The molecule has 0 unspecified atom stereocenters. The Morgan fingerprint density at radius 3 is 2.37 bits per heavy atom. The molecular weight excluding hydrogens is 266 g/mol. The van der Waals surface area contributed by atoms with E-state index in [1.807, 2.05) is 5.32 Å². The van der Waals surface area contributed by atoms with Crippen LogP contribution in [0.25, 0.3) is 0 Å². The van der Waals surface area contributed by atoms with E-state index in [1.165, 1.54) is 0 Å². The number of carboxylic acids is 1. The van der Waals surface area contributed by atoms with Crippen LogP contribution in [0.4, 0.5) is 13.6 Å². The average molecular weight is 282 g/mol. The second-order valence-corrected chi connectivity index (χ2v) is 3.73. The zero-order valence-corrected chi connectivity index (χ0v) is 10.6. The number of hydrogen-bond acceptors (Lipinski definition) is 4. The van der Waals surface area contributed by atoms with Crippen LogP contribution in [0, 0.1) is 0 Å². The number of rotatable bonds is 7. The van der Waals surface area contributed by atoms with Gasteiger partial charge in [0.1, 0.15) is 6.04 Å². The Morgan fingerprint density at radius 1 is 1.37 bits per heavy atom. The van der Waals surface area contributed by atoms with Crippen LogP contribution in [0.1, 0.15) is 12.8 Å². The van der Waals surface area contributed by atoms with E-state index in [0.29, 0.717) is 4.90 Å². The Bertz CT molecular complexity index is 338. The van der Waals surface area contributed by atoms with Crippen molar-refractivity contribution in [3.63, 3.8) is 0 Å². The summed E-state index contributed by atoms with van der Waals surface area (Å²) in [7, 11) is 2.26. The number of nitrogens with one attached hydrogen (secondary N) is 1. The third kappa shape index (κ3) is 7.17.